The van der Waals surface area contributed by atoms with E-state index in [2.05, 4.69) is 20.3 Å². The summed E-state index contributed by atoms with van der Waals surface area (Å²) in [5, 5.41) is 12.5. The SMILES string of the molecule is CCOc1ncc(CC)c(-c2c[nH]c(C(=O)N[C@H](CO)c3ccccc3)c2)n1. The highest BCUT2D eigenvalue weighted by Gasteiger charge is 2.18. The van der Waals surface area contributed by atoms with Crippen LogP contribution in [0.2, 0.25) is 0 Å². The van der Waals surface area contributed by atoms with Crippen LogP contribution in [0.3, 0.4) is 0 Å². The first-order valence-corrected chi connectivity index (χ1v) is 9.30. The number of H-pyrrole nitrogens is 1. The van der Waals surface area contributed by atoms with Crippen molar-refractivity contribution in [3.8, 4) is 17.3 Å². The van der Waals surface area contributed by atoms with Gasteiger partial charge in [-0.3, -0.25) is 4.79 Å². The Bertz CT molecular complexity index is 924. The van der Waals surface area contributed by atoms with Gasteiger partial charge in [-0.15, -0.1) is 0 Å². The summed E-state index contributed by atoms with van der Waals surface area (Å²) in [6.07, 6.45) is 4.24. The summed E-state index contributed by atoms with van der Waals surface area (Å²) in [6.45, 7) is 4.19. The monoisotopic (exact) mass is 380 g/mol. The second kappa shape index (κ2) is 9.14. The normalized spacial score (nSPS) is 11.8. The van der Waals surface area contributed by atoms with Gasteiger partial charge < -0.3 is 20.1 Å². The van der Waals surface area contributed by atoms with Gasteiger partial charge >= 0.3 is 6.01 Å². The molecule has 0 saturated carbocycles. The maximum absolute atomic E-state index is 12.6. The Kier molecular flexibility index (Phi) is 6.39. The van der Waals surface area contributed by atoms with E-state index >= 15 is 0 Å². The fourth-order valence-electron chi connectivity index (χ4n) is 2.92. The molecular formula is C21H24N4O3. The summed E-state index contributed by atoms with van der Waals surface area (Å²) >= 11 is 0. The molecule has 2 aromatic heterocycles. The average molecular weight is 380 g/mol. The Balaban J connectivity index is 1.82. The van der Waals surface area contributed by atoms with Crippen LogP contribution < -0.4 is 10.1 Å². The van der Waals surface area contributed by atoms with Crippen molar-refractivity contribution in [1.29, 1.82) is 0 Å². The summed E-state index contributed by atoms with van der Waals surface area (Å²) in [6, 6.07) is 10.9. The van der Waals surface area contributed by atoms with Gasteiger partial charge in [0.25, 0.3) is 5.91 Å². The van der Waals surface area contributed by atoms with Gasteiger partial charge in [-0.2, -0.15) is 4.98 Å². The lowest BCUT2D eigenvalue weighted by atomic mass is 10.1. The lowest BCUT2D eigenvalue weighted by molar-refractivity contribution is 0.0912. The van der Waals surface area contributed by atoms with E-state index in [0.29, 0.717) is 18.3 Å². The van der Waals surface area contributed by atoms with E-state index in [1.54, 1.807) is 18.5 Å². The molecule has 1 atom stereocenters. The third kappa shape index (κ3) is 4.37. The Morgan fingerprint density at radius 1 is 1.29 bits per heavy atom. The van der Waals surface area contributed by atoms with Crippen molar-refractivity contribution in [3.63, 3.8) is 0 Å². The van der Waals surface area contributed by atoms with Crippen molar-refractivity contribution in [3.05, 3.63) is 65.6 Å². The van der Waals surface area contributed by atoms with E-state index in [1.165, 1.54) is 0 Å². The lowest BCUT2D eigenvalue weighted by Gasteiger charge is -2.16. The summed E-state index contributed by atoms with van der Waals surface area (Å²) in [5.41, 5.74) is 3.72. The molecule has 0 bridgehead atoms. The van der Waals surface area contributed by atoms with Crippen molar-refractivity contribution >= 4 is 5.91 Å². The van der Waals surface area contributed by atoms with Gasteiger partial charge in [-0.25, -0.2) is 4.98 Å². The molecule has 3 aromatic rings. The highest BCUT2D eigenvalue weighted by atomic mass is 16.5. The van der Waals surface area contributed by atoms with Gasteiger partial charge in [0.15, 0.2) is 0 Å². The topological polar surface area (TPSA) is 100 Å². The molecule has 0 saturated heterocycles. The zero-order valence-electron chi connectivity index (χ0n) is 16.0. The zero-order chi connectivity index (χ0) is 19.9. The minimum absolute atomic E-state index is 0.188. The highest BCUT2D eigenvalue weighted by molar-refractivity contribution is 5.94. The Hall–Kier alpha value is -3.19. The quantitative estimate of drug-likeness (QED) is 0.558. The molecule has 3 N–H and O–H groups in total. The van der Waals surface area contributed by atoms with E-state index in [1.807, 2.05) is 44.2 Å². The number of nitrogens with one attached hydrogen (secondary N) is 2. The number of aryl methyl sites for hydroxylation is 1. The van der Waals surface area contributed by atoms with Crippen LogP contribution in [0.25, 0.3) is 11.3 Å². The number of aromatic amines is 1. The van der Waals surface area contributed by atoms with Crippen LogP contribution >= 0.6 is 0 Å². The molecular weight excluding hydrogens is 356 g/mol. The molecule has 2 heterocycles. The van der Waals surface area contributed by atoms with Crippen LogP contribution in [0.1, 0.15) is 41.5 Å². The van der Waals surface area contributed by atoms with Crippen LogP contribution in [-0.2, 0) is 6.42 Å². The third-order valence-corrected chi connectivity index (χ3v) is 4.39. The zero-order valence-corrected chi connectivity index (χ0v) is 16.0. The minimum Gasteiger partial charge on any atom is -0.464 e. The minimum atomic E-state index is -0.477. The van der Waals surface area contributed by atoms with E-state index in [4.69, 9.17) is 4.74 Å². The summed E-state index contributed by atoms with van der Waals surface area (Å²) in [5.74, 6) is -0.300. The number of carbonyl (C=O) groups excluding carboxylic acids is 1. The number of ether oxygens (including phenoxy) is 1. The molecule has 146 valence electrons. The number of aromatic nitrogens is 3. The first-order chi connectivity index (χ1) is 13.7. The highest BCUT2D eigenvalue weighted by Crippen LogP contribution is 2.24. The molecule has 1 aromatic carbocycles. The summed E-state index contributed by atoms with van der Waals surface area (Å²) in [4.78, 5) is 24.3. The number of amides is 1. The molecule has 7 nitrogen and oxygen atoms in total. The Morgan fingerprint density at radius 3 is 2.75 bits per heavy atom. The van der Waals surface area contributed by atoms with Crippen molar-refractivity contribution in [1.82, 2.24) is 20.3 Å². The number of nitrogens with zero attached hydrogens (tertiary/aromatic N) is 2. The van der Waals surface area contributed by atoms with Gasteiger partial charge in [-0.05, 0) is 30.5 Å². The Labute approximate surface area is 163 Å². The van der Waals surface area contributed by atoms with Crippen LogP contribution in [0.15, 0.2) is 48.8 Å². The summed E-state index contributed by atoms with van der Waals surface area (Å²) < 4.78 is 5.40. The second-order valence-electron chi connectivity index (χ2n) is 6.23. The van der Waals surface area contributed by atoms with Crippen molar-refractivity contribution < 1.29 is 14.6 Å². The number of aliphatic hydroxyl groups is 1. The predicted molar refractivity (Wildman–Crippen MR) is 106 cm³/mol. The number of aliphatic hydroxyl groups excluding tert-OH is 1. The predicted octanol–water partition coefficient (Wildman–Crippen LogP) is 2.90. The molecule has 0 aliphatic rings. The molecule has 0 aliphatic heterocycles. The maximum atomic E-state index is 12.6. The maximum Gasteiger partial charge on any atom is 0.316 e. The molecule has 0 radical (unpaired) electrons. The molecule has 1 amide bonds. The van der Waals surface area contributed by atoms with E-state index in [0.717, 1.165) is 28.8 Å². The van der Waals surface area contributed by atoms with Crippen LogP contribution in [0.4, 0.5) is 0 Å². The van der Waals surface area contributed by atoms with Gasteiger partial charge in [0.1, 0.15) is 5.69 Å². The van der Waals surface area contributed by atoms with Gasteiger partial charge in [0, 0.05) is 18.0 Å². The molecule has 7 heteroatoms. The van der Waals surface area contributed by atoms with E-state index in [9.17, 15) is 9.90 Å². The van der Waals surface area contributed by atoms with Gasteiger partial charge in [0.05, 0.1) is 24.9 Å². The molecule has 0 spiro atoms. The second-order valence-corrected chi connectivity index (χ2v) is 6.23. The first kappa shape index (κ1) is 19.6. The molecule has 3 rings (SSSR count). The number of hydrogen-bond acceptors (Lipinski definition) is 5. The van der Waals surface area contributed by atoms with Crippen molar-refractivity contribution in [2.24, 2.45) is 0 Å². The van der Waals surface area contributed by atoms with Crippen LogP contribution in [0, 0.1) is 0 Å². The van der Waals surface area contributed by atoms with Gasteiger partial charge in [0.2, 0.25) is 0 Å². The average Bonchev–Trinajstić information content (AvgIpc) is 3.23. The van der Waals surface area contributed by atoms with E-state index < -0.39 is 6.04 Å². The third-order valence-electron chi connectivity index (χ3n) is 4.39. The fraction of sp³-hybridized carbons (Fsp3) is 0.286. The standard InChI is InChI=1S/C21H24N4O3/c1-3-14-11-23-21(28-4-2)25-19(14)16-10-17(22-12-16)20(27)24-18(13-26)15-8-6-5-7-9-15/h5-12,18,22,26H,3-4,13H2,1-2H3,(H,24,27)/t18-/m1/s1. The molecule has 0 aliphatic carbocycles. The number of benzene rings is 1. The lowest BCUT2D eigenvalue weighted by Crippen LogP contribution is -2.30. The number of hydrogen-bond donors (Lipinski definition) is 3. The summed E-state index contributed by atoms with van der Waals surface area (Å²) in [7, 11) is 0. The number of carbonyl (C=O) groups is 1. The van der Waals surface area contributed by atoms with Crippen LogP contribution in [0.5, 0.6) is 6.01 Å². The smallest absolute Gasteiger partial charge is 0.316 e. The first-order valence-electron chi connectivity index (χ1n) is 9.30. The molecule has 0 unspecified atom stereocenters. The van der Waals surface area contributed by atoms with Crippen molar-refractivity contribution in [2.45, 2.75) is 26.3 Å². The Morgan fingerprint density at radius 2 is 2.07 bits per heavy atom. The van der Waals surface area contributed by atoms with E-state index in [-0.39, 0.29) is 12.5 Å². The van der Waals surface area contributed by atoms with Gasteiger partial charge in [-0.1, -0.05) is 37.3 Å². The molecule has 28 heavy (non-hydrogen) atoms. The fourth-order valence-corrected chi connectivity index (χ4v) is 2.92. The van der Waals surface area contributed by atoms with Crippen LogP contribution in [-0.4, -0.2) is 39.2 Å². The van der Waals surface area contributed by atoms with Crippen molar-refractivity contribution in [2.75, 3.05) is 13.2 Å². The largest absolute Gasteiger partial charge is 0.464 e. The molecule has 0 fully saturated rings. The number of rotatable bonds is 8.